The second-order valence-corrected chi connectivity index (χ2v) is 17.7. The Bertz CT molecular complexity index is 3380. The molecule has 3 aliphatic rings. The van der Waals surface area contributed by atoms with Crippen LogP contribution in [-0.4, -0.2) is 25.6 Å². The number of fused-ring (bicyclic) bond motifs is 11. The average Bonchev–Trinajstić information content (AvgIpc) is 4.03. The van der Waals surface area contributed by atoms with Crippen LogP contribution in [0.5, 0.6) is 0 Å². The zero-order chi connectivity index (χ0) is 41.1. The Hall–Kier alpha value is -7.63. The Morgan fingerprint density at radius 3 is 1.61 bits per heavy atom. The first-order chi connectivity index (χ1) is 30.5. The summed E-state index contributed by atoms with van der Waals surface area (Å²) in [5.74, 6) is 1.90. The van der Waals surface area contributed by atoms with Crippen LogP contribution in [0, 0.1) is 0 Å². The average molecular weight is 796 g/mol. The molecule has 10 aromatic rings. The minimum absolute atomic E-state index is 0.167. The van der Waals surface area contributed by atoms with Crippen molar-refractivity contribution < 1.29 is 0 Å². The monoisotopic (exact) mass is 795 g/mol. The van der Waals surface area contributed by atoms with Gasteiger partial charge in [-0.05, 0) is 117 Å². The van der Waals surface area contributed by atoms with Gasteiger partial charge in [-0.2, -0.15) is 9.97 Å². The van der Waals surface area contributed by atoms with Gasteiger partial charge in [-0.15, -0.1) is 0 Å². The highest BCUT2D eigenvalue weighted by Gasteiger charge is 2.38. The third-order valence-electron chi connectivity index (χ3n) is 13.8. The highest BCUT2D eigenvalue weighted by atomic mass is 15.2. The minimum atomic E-state index is -0.167. The topological polar surface area (TPSA) is 46.8 Å². The molecule has 0 bridgehead atoms. The van der Waals surface area contributed by atoms with Gasteiger partial charge >= 0.3 is 0 Å². The summed E-state index contributed by atoms with van der Waals surface area (Å²) < 4.78 is 2.27. The van der Waals surface area contributed by atoms with E-state index in [4.69, 9.17) is 15.0 Å². The lowest BCUT2D eigenvalue weighted by Gasteiger charge is -2.21. The first-order valence-electron chi connectivity index (χ1n) is 21.7. The van der Waals surface area contributed by atoms with Gasteiger partial charge in [0.2, 0.25) is 5.95 Å². The van der Waals surface area contributed by atoms with Gasteiger partial charge < -0.3 is 4.90 Å². The van der Waals surface area contributed by atoms with Gasteiger partial charge in [0.25, 0.3) is 0 Å². The van der Waals surface area contributed by atoms with Crippen LogP contribution in [0.1, 0.15) is 36.1 Å². The fraction of sp³-hybridized carbons (Fsp3) is 0.105. The largest absolute Gasteiger partial charge is 0.337 e. The molecule has 0 N–H and O–H groups in total. The van der Waals surface area contributed by atoms with Gasteiger partial charge in [-0.1, -0.05) is 147 Å². The summed E-state index contributed by atoms with van der Waals surface area (Å²) in [5, 5.41) is 2.36. The van der Waals surface area contributed by atoms with Gasteiger partial charge in [-0.25, -0.2) is 4.98 Å². The van der Waals surface area contributed by atoms with E-state index in [1.165, 1.54) is 77.8 Å². The molecule has 5 heteroatoms. The van der Waals surface area contributed by atoms with E-state index >= 15 is 0 Å². The van der Waals surface area contributed by atoms with Crippen LogP contribution < -0.4 is 4.90 Å². The lowest BCUT2D eigenvalue weighted by atomic mass is 9.82. The summed E-state index contributed by atoms with van der Waals surface area (Å²) in [6.45, 7) is 4.69. The van der Waals surface area contributed by atoms with E-state index in [2.05, 4.69) is 169 Å². The summed E-state index contributed by atoms with van der Waals surface area (Å²) in [5.41, 5.74) is 19.7. The molecule has 0 saturated carbocycles. The van der Waals surface area contributed by atoms with Crippen molar-refractivity contribution in [3.8, 4) is 62.1 Å². The van der Waals surface area contributed by atoms with E-state index in [-0.39, 0.29) is 5.41 Å². The highest BCUT2D eigenvalue weighted by Crippen LogP contribution is 2.52. The van der Waals surface area contributed by atoms with Crippen molar-refractivity contribution in [2.45, 2.75) is 38.1 Å². The normalized spacial score (nSPS) is 15.4. The number of hydrogen-bond donors (Lipinski definition) is 0. The number of anilines is 2. The SMILES string of the molecule is CC1(C)c2ccccc2-c2cc3c4cc(-c5ccc6c(c5)CC5Cc7cc(-c8ccccc8)ccc7N65)ccc4n(-c4nc(-c5ccccc5)nc(-c5ccccc5)n4)c3cc21. The van der Waals surface area contributed by atoms with Gasteiger partial charge in [0, 0.05) is 44.7 Å². The van der Waals surface area contributed by atoms with Gasteiger partial charge in [0.1, 0.15) is 0 Å². The Balaban J connectivity index is 0.976. The molecule has 1 aliphatic carbocycles. The number of aromatic nitrogens is 4. The summed E-state index contributed by atoms with van der Waals surface area (Å²) >= 11 is 0. The quantitative estimate of drug-likeness (QED) is 0.174. The predicted molar refractivity (Wildman–Crippen MR) is 253 cm³/mol. The maximum absolute atomic E-state index is 5.26. The van der Waals surface area contributed by atoms with Crippen molar-refractivity contribution >= 4 is 33.2 Å². The Morgan fingerprint density at radius 1 is 0.435 bits per heavy atom. The van der Waals surface area contributed by atoms with Gasteiger partial charge in [0.15, 0.2) is 11.6 Å². The molecule has 0 amide bonds. The minimum Gasteiger partial charge on any atom is -0.337 e. The second-order valence-electron chi connectivity index (χ2n) is 17.7. The molecule has 0 radical (unpaired) electrons. The van der Waals surface area contributed by atoms with Crippen molar-refractivity contribution in [3.63, 3.8) is 0 Å². The first kappa shape index (κ1) is 35.2. The van der Waals surface area contributed by atoms with E-state index in [1.807, 2.05) is 36.4 Å². The molecule has 0 saturated heterocycles. The molecule has 0 fully saturated rings. The summed E-state index contributed by atoms with van der Waals surface area (Å²) in [7, 11) is 0. The number of hydrogen-bond acceptors (Lipinski definition) is 4. The molecular formula is C57H41N5. The fourth-order valence-corrected chi connectivity index (χ4v) is 10.7. The molecule has 5 nitrogen and oxygen atoms in total. The lowest BCUT2D eigenvalue weighted by molar-refractivity contribution is 0.661. The van der Waals surface area contributed by atoms with Gasteiger partial charge in [-0.3, -0.25) is 4.57 Å². The maximum Gasteiger partial charge on any atom is 0.238 e. The van der Waals surface area contributed by atoms with Crippen molar-refractivity contribution in [2.75, 3.05) is 4.90 Å². The van der Waals surface area contributed by atoms with Gasteiger partial charge in [0.05, 0.1) is 11.0 Å². The van der Waals surface area contributed by atoms with Crippen molar-refractivity contribution in [2.24, 2.45) is 0 Å². The van der Waals surface area contributed by atoms with Crippen LogP contribution in [0.2, 0.25) is 0 Å². The van der Waals surface area contributed by atoms with Crippen LogP contribution >= 0.6 is 0 Å². The maximum atomic E-state index is 5.26. The van der Waals surface area contributed by atoms with E-state index in [1.54, 1.807) is 0 Å². The molecule has 1 unspecified atom stereocenters. The molecule has 13 rings (SSSR count). The molecule has 294 valence electrons. The van der Waals surface area contributed by atoms with Crippen molar-refractivity contribution in [3.05, 3.63) is 204 Å². The molecule has 62 heavy (non-hydrogen) atoms. The van der Waals surface area contributed by atoms with Crippen LogP contribution in [0.4, 0.5) is 11.4 Å². The molecule has 1 atom stereocenters. The Kier molecular flexibility index (Phi) is 7.48. The van der Waals surface area contributed by atoms with E-state index < -0.39 is 0 Å². The van der Waals surface area contributed by atoms with Crippen LogP contribution in [0.15, 0.2) is 182 Å². The van der Waals surface area contributed by atoms with E-state index in [0.29, 0.717) is 23.6 Å². The van der Waals surface area contributed by atoms with E-state index in [0.717, 1.165) is 35.0 Å². The standard InChI is InChI=1S/C57H41N5/c1-57(2)48-21-13-12-20-44(48)45-33-47-46-32-40(39-23-26-51-42(29-39)31-43-30-41-28-38(22-25-50(41)61(43)51)35-14-6-3-7-15-35)24-27-52(46)62(53(47)34-49(45)57)56-59-54(36-16-8-4-9-17-36)58-55(60-56)37-18-10-5-11-19-37/h3-29,32-34,43H,30-31H2,1-2H3. The van der Waals surface area contributed by atoms with Crippen molar-refractivity contribution in [1.29, 1.82) is 0 Å². The second kappa shape index (κ2) is 13.2. The zero-order valence-corrected chi connectivity index (χ0v) is 34.5. The molecule has 4 heterocycles. The number of nitrogens with zero attached hydrogens (tertiary/aromatic N) is 5. The zero-order valence-electron chi connectivity index (χ0n) is 34.5. The number of rotatable bonds is 5. The predicted octanol–water partition coefficient (Wildman–Crippen LogP) is 13.6. The molecule has 0 spiro atoms. The lowest BCUT2D eigenvalue weighted by Crippen LogP contribution is -2.22. The fourth-order valence-electron chi connectivity index (χ4n) is 10.7. The molecule has 2 aliphatic heterocycles. The Labute approximate surface area is 360 Å². The third kappa shape index (κ3) is 5.24. The summed E-state index contributed by atoms with van der Waals surface area (Å²) in [6, 6.07) is 66.4. The van der Waals surface area contributed by atoms with Crippen LogP contribution in [0.25, 0.3) is 83.9 Å². The number of benzene rings is 8. The molecular weight excluding hydrogens is 755 g/mol. The van der Waals surface area contributed by atoms with Crippen LogP contribution in [0.3, 0.4) is 0 Å². The van der Waals surface area contributed by atoms with Crippen molar-refractivity contribution in [1.82, 2.24) is 19.5 Å². The third-order valence-corrected chi connectivity index (χ3v) is 13.8. The first-order valence-corrected chi connectivity index (χ1v) is 21.7. The summed E-state index contributed by atoms with van der Waals surface area (Å²) in [6.07, 6.45) is 2.10. The van der Waals surface area contributed by atoms with Crippen LogP contribution in [-0.2, 0) is 18.3 Å². The Morgan fingerprint density at radius 2 is 0.968 bits per heavy atom. The molecule has 2 aromatic heterocycles. The highest BCUT2D eigenvalue weighted by molar-refractivity contribution is 6.12. The smallest absolute Gasteiger partial charge is 0.238 e. The summed E-state index contributed by atoms with van der Waals surface area (Å²) in [4.78, 5) is 18.2. The molecule has 8 aromatic carbocycles. The van der Waals surface area contributed by atoms with E-state index in [9.17, 15) is 0 Å².